The van der Waals surface area contributed by atoms with Crippen LogP contribution in [0.5, 0.6) is 11.5 Å². The average molecular weight is 455 g/mol. The number of hydrogen-bond acceptors (Lipinski definition) is 5. The van der Waals surface area contributed by atoms with Crippen LogP contribution in [0.1, 0.15) is 22.9 Å². The Bertz CT molecular complexity index is 1210. The molecule has 3 aromatic rings. The van der Waals surface area contributed by atoms with Crippen molar-refractivity contribution in [3.05, 3.63) is 59.3 Å². The molecular formula is C23H23ClN4O4. The average Bonchev–Trinajstić information content (AvgIpc) is 3.45. The summed E-state index contributed by atoms with van der Waals surface area (Å²) in [6, 6.07) is 12.2. The van der Waals surface area contributed by atoms with Crippen LogP contribution >= 0.6 is 11.6 Å². The van der Waals surface area contributed by atoms with E-state index in [0.717, 1.165) is 27.7 Å². The van der Waals surface area contributed by atoms with E-state index >= 15 is 0 Å². The molecule has 1 aromatic heterocycles. The lowest BCUT2D eigenvalue weighted by Crippen LogP contribution is -2.57. The van der Waals surface area contributed by atoms with Crippen molar-refractivity contribution in [2.24, 2.45) is 0 Å². The molecule has 32 heavy (non-hydrogen) atoms. The monoisotopic (exact) mass is 454 g/mol. The molecule has 3 heterocycles. The maximum absolute atomic E-state index is 13.5. The number of benzene rings is 2. The van der Waals surface area contributed by atoms with Gasteiger partial charge in [-0.15, -0.1) is 0 Å². The summed E-state index contributed by atoms with van der Waals surface area (Å²) in [6.45, 7) is 0.147. The summed E-state index contributed by atoms with van der Waals surface area (Å²) in [5, 5.41) is 6.53. The summed E-state index contributed by atoms with van der Waals surface area (Å²) in [5.74, 6) is 0.619. The Labute approximate surface area is 189 Å². The summed E-state index contributed by atoms with van der Waals surface area (Å²) in [6.07, 6.45) is 0.374. The van der Waals surface area contributed by atoms with Gasteiger partial charge >= 0.3 is 0 Å². The van der Waals surface area contributed by atoms with Gasteiger partial charge in [-0.05, 0) is 36.4 Å². The van der Waals surface area contributed by atoms with Gasteiger partial charge < -0.3 is 24.7 Å². The smallest absolute Gasteiger partial charge is 0.256 e. The van der Waals surface area contributed by atoms with Crippen molar-refractivity contribution in [1.82, 2.24) is 20.5 Å². The molecule has 1 unspecified atom stereocenters. The molecular weight excluding hydrogens is 432 g/mol. The molecule has 3 atom stereocenters. The van der Waals surface area contributed by atoms with E-state index in [1.54, 1.807) is 19.0 Å². The van der Waals surface area contributed by atoms with E-state index in [1.165, 1.54) is 0 Å². The Morgan fingerprint density at radius 1 is 1.16 bits per heavy atom. The minimum atomic E-state index is -0.982. The van der Waals surface area contributed by atoms with Crippen LogP contribution < -0.4 is 20.1 Å². The van der Waals surface area contributed by atoms with Crippen molar-refractivity contribution in [2.75, 3.05) is 20.9 Å². The predicted octanol–water partition coefficient (Wildman–Crippen LogP) is 2.27. The molecule has 2 amide bonds. The van der Waals surface area contributed by atoms with Gasteiger partial charge in [0.1, 0.15) is 6.04 Å². The van der Waals surface area contributed by atoms with Gasteiger partial charge in [0.25, 0.3) is 5.91 Å². The predicted molar refractivity (Wildman–Crippen MR) is 120 cm³/mol. The van der Waals surface area contributed by atoms with Gasteiger partial charge in [-0.1, -0.05) is 35.9 Å². The number of rotatable bonds is 4. The number of alkyl halides is 1. The number of carbonyl (C=O) groups is 2. The van der Waals surface area contributed by atoms with Gasteiger partial charge in [0.2, 0.25) is 12.7 Å². The van der Waals surface area contributed by atoms with E-state index in [-0.39, 0.29) is 18.6 Å². The topological polar surface area (TPSA) is 95.7 Å². The second-order valence-electron chi connectivity index (χ2n) is 7.81. The first-order chi connectivity index (χ1) is 15.5. The van der Waals surface area contributed by atoms with Crippen LogP contribution in [0.25, 0.3) is 10.9 Å². The highest BCUT2D eigenvalue weighted by atomic mass is 35.5. The second kappa shape index (κ2) is 8.03. The van der Waals surface area contributed by atoms with Crippen molar-refractivity contribution >= 4 is 34.3 Å². The molecule has 9 heteroatoms. The summed E-state index contributed by atoms with van der Waals surface area (Å²) < 4.78 is 11.0. The first-order valence-electron chi connectivity index (χ1n) is 10.4. The number of fused-ring (bicyclic) bond motifs is 4. The molecule has 5 rings (SSSR count). The van der Waals surface area contributed by atoms with Crippen molar-refractivity contribution in [1.29, 1.82) is 0 Å². The van der Waals surface area contributed by atoms with Gasteiger partial charge in [0.15, 0.2) is 17.0 Å². The Morgan fingerprint density at radius 3 is 2.72 bits per heavy atom. The van der Waals surface area contributed by atoms with Crippen molar-refractivity contribution < 1.29 is 19.1 Å². The summed E-state index contributed by atoms with van der Waals surface area (Å²) in [4.78, 5) is 31.5. The molecule has 0 saturated heterocycles. The number of likely N-dealkylation sites (N-methyl/N-ethyl adjacent to an activating group) is 2. The Balaban J connectivity index is 1.75. The van der Waals surface area contributed by atoms with E-state index < -0.39 is 17.6 Å². The minimum Gasteiger partial charge on any atom is -0.454 e. The quantitative estimate of drug-likeness (QED) is 0.415. The maximum atomic E-state index is 13.5. The third kappa shape index (κ3) is 3.18. The number of aromatic amines is 1. The molecule has 0 radical (unpaired) electrons. The van der Waals surface area contributed by atoms with E-state index in [9.17, 15) is 9.59 Å². The number of halogens is 1. The molecule has 0 fully saturated rings. The molecule has 0 aliphatic carbocycles. The number of para-hydroxylation sites is 1. The van der Waals surface area contributed by atoms with Gasteiger partial charge in [-0.2, -0.15) is 0 Å². The molecule has 166 valence electrons. The lowest BCUT2D eigenvalue weighted by molar-refractivity contribution is -0.143. The van der Waals surface area contributed by atoms with E-state index in [2.05, 4.69) is 15.6 Å². The Hall–Kier alpha value is -3.23. The number of aromatic nitrogens is 1. The van der Waals surface area contributed by atoms with Gasteiger partial charge in [0, 0.05) is 30.1 Å². The van der Waals surface area contributed by atoms with Crippen molar-refractivity contribution in [3.8, 4) is 11.5 Å². The van der Waals surface area contributed by atoms with Crippen LogP contribution in [0.15, 0.2) is 42.5 Å². The zero-order valence-corrected chi connectivity index (χ0v) is 18.4. The molecule has 2 aromatic carbocycles. The molecule has 2 aliphatic heterocycles. The highest BCUT2D eigenvalue weighted by molar-refractivity contribution is 6.30. The van der Waals surface area contributed by atoms with E-state index in [4.69, 9.17) is 21.1 Å². The van der Waals surface area contributed by atoms with Crippen molar-refractivity contribution in [3.63, 3.8) is 0 Å². The van der Waals surface area contributed by atoms with Crippen LogP contribution in [0.4, 0.5) is 0 Å². The summed E-state index contributed by atoms with van der Waals surface area (Å²) in [7, 11) is 3.18. The van der Waals surface area contributed by atoms with Gasteiger partial charge in [-0.3, -0.25) is 14.9 Å². The van der Waals surface area contributed by atoms with Crippen LogP contribution in [0.2, 0.25) is 0 Å². The number of carbonyl (C=O) groups excluding carboxylic acids is 2. The van der Waals surface area contributed by atoms with Gasteiger partial charge in [0.05, 0.1) is 6.04 Å². The van der Waals surface area contributed by atoms with Crippen LogP contribution in [-0.2, 0) is 16.0 Å². The van der Waals surface area contributed by atoms with E-state index in [1.807, 2.05) is 42.5 Å². The second-order valence-corrected chi connectivity index (χ2v) is 8.25. The standard InChI is InChI=1S/C23H23ClN4O4/c1-25-21(24)23(30)28-16(22(29)26-2)10-14-13-5-3-4-6-15(13)27-19(14)20(28)12-7-8-17-18(9-12)32-11-31-17/h3-9,16,20-21,25,27H,10-11H2,1-2H3,(H,26,29)/t16-,20-,21?/m1/s1. The van der Waals surface area contributed by atoms with E-state index in [0.29, 0.717) is 17.9 Å². The summed E-state index contributed by atoms with van der Waals surface area (Å²) in [5.41, 5.74) is 2.63. The molecule has 0 bridgehead atoms. The fourth-order valence-corrected chi connectivity index (χ4v) is 4.73. The zero-order chi connectivity index (χ0) is 22.4. The first kappa shape index (κ1) is 20.7. The third-order valence-electron chi connectivity index (χ3n) is 6.12. The minimum absolute atomic E-state index is 0.147. The normalized spacial score (nSPS) is 20.2. The zero-order valence-electron chi connectivity index (χ0n) is 17.6. The lowest BCUT2D eigenvalue weighted by atomic mass is 9.87. The fraction of sp³-hybridized carbons (Fsp3) is 0.304. The number of H-pyrrole nitrogens is 1. The molecule has 0 saturated carbocycles. The Kier molecular flexibility index (Phi) is 5.19. The number of hydrogen-bond donors (Lipinski definition) is 3. The fourth-order valence-electron chi connectivity index (χ4n) is 4.62. The summed E-state index contributed by atoms with van der Waals surface area (Å²) >= 11 is 6.33. The highest BCUT2D eigenvalue weighted by Gasteiger charge is 2.44. The molecule has 2 aliphatic rings. The lowest BCUT2D eigenvalue weighted by Gasteiger charge is -2.42. The van der Waals surface area contributed by atoms with Crippen LogP contribution in [0.3, 0.4) is 0 Å². The molecule has 8 nitrogen and oxygen atoms in total. The number of amides is 2. The molecule has 3 N–H and O–H groups in total. The number of nitrogens with one attached hydrogen (secondary N) is 3. The third-order valence-corrected chi connectivity index (χ3v) is 6.52. The number of ether oxygens (including phenoxy) is 2. The Morgan fingerprint density at radius 2 is 1.94 bits per heavy atom. The molecule has 0 spiro atoms. The highest BCUT2D eigenvalue weighted by Crippen LogP contribution is 2.44. The maximum Gasteiger partial charge on any atom is 0.256 e. The first-order valence-corrected chi connectivity index (χ1v) is 10.8. The van der Waals surface area contributed by atoms with Crippen LogP contribution in [0, 0.1) is 0 Å². The largest absolute Gasteiger partial charge is 0.454 e. The van der Waals surface area contributed by atoms with Gasteiger partial charge in [-0.25, -0.2) is 0 Å². The van der Waals surface area contributed by atoms with Crippen LogP contribution in [-0.4, -0.2) is 54.1 Å². The SMILES string of the molecule is CNC(=O)[C@H]1Cc2c([nH]c3ccccc23)[C@@H](c2ccc3c(c2)OCO3)N1C(=O)C(Cl)NC. The number of nitrogens with zero attached hydrogens (tertiary/aromatic N) is 1. The van der Waals surface area contributed by atoms with Crippen molar-refractivity contribution in [2.45, 2.75) is 24.0 Å².